The Bertz CT molecular complexity index is 934. The number of carbonyl (C=O) groups excluding carboxylic acids is 1. The number of ether oxygens (including phenoxy) is 2. The molecule has 0 atom stereocenters. The molecule has 0 radical (unpaired) electrons. The van der Waals surface area contributed by atoms with Gasteiger partial charge in [0.15, 0.2) is 0 Å². The second-order valence-electron chi connectivity index (χ2n) is 6.07. The van der Waals surface area contributed by atoms with Gasteiger partial charge in [0.25, 0.3) is 0 Å². The number of thiophene rings is 1. The number of rotatable bonds is 4. The first-order valence-corrected chi connectivity index (χ1v) is 9.33. The Morgan fingerprint density at radius 3 is 2.81 bits per heavy atom. The van der Waals surface area contributed by atoms with Crippen LogP contribution in [-0.4, -0.2) is 19.6 Å². The van der Waals surface area contributed by atoms with E-state index in [-0.39, 0.29) is 5.97 Å². The highest BCUT2D eigenvalue weighted by Gasteiger charge is 2.23. The Kier molecular flexibility index (Phi) is 4.63. The van der Waals surface area contributed by atoms with E-state index >= 15 is 0 Å². The van der Waals surface area contributed by atoms with Gasteiger partial charge in [0.1, 0.15) is 17.2 Å². The standard InChI is InChI=1S/C21H19NO3S/c1-24-21(23)19-12-15-18(26-19)10-11-22-16-8-5-9-17(20(15)16)25-13-14-6-3-2-4-7-14/h2-9,12,22H,10-11,13H2,1H3. The molecule has 3 aromatic rings. The van der Waals surface area contributed by atoms with Crippen molar-refractivity contribution in [1.82, 2.24) is 0 Å². The zero-order valence-electron chi connectivity index (χ0n) is 14.5. The Hall–Kier alpha value is -2.79. The minimum Gasteiger partial charge on any atom is -0.488 e. The van der Waals surface area contributed by atoms with E-state index in [0.717, 1.165) is 41.1 Å². The smallest absolute Gasteiger partial charge is 0.348 e. The predicted molar refractivity (Wildman–Crippen MR) is 104 cm³/mol. The number of methoxy groups -OCH3 is 1. The van der Waals surface area contributed by atoms with Crippen LogP contribution in [0, 0.1) is 0 Å². The Balaban J connectivity index is 1.73. The van der Waals surface area contributed by atoms with E-state index < -0.39 is 0 Å². The summed E-state index contributed by atoms with van der Waals surface area (Å²) in [7, 11) is 1.41. The summed E-state index contributed by atoms with van der Waals surface area (Å²) in [6, 6.07) is 18.0. The van der Waals surface area contributed by atoms with Gasteiger partial charge >= 0.3 is 5.97 Å². The van der Waals surface area contributed by atoms with Gasteiger partial charge in [0, 0.05) is 28.2 Å². The van der Waals surface area contributed by atoms with E-state index in [2.05, 4.69) is 11.4 Å². The van der Waals surface area contributed by atoms with Crippen LogP contribution in [0.5, 0.6) is 5.75 Å². The molecule has 0 aliphatic carbocycles. The van der Waals surface area contributed by atoms with Crippen molar-refractivity contribution in [2.75, 3.05) is 19.0 Å². The van der Waals surface area contributed by atoms with E-state index in [0.29, 0.717) is 11.5 Å². The lowest BCUT2D eigenvalue weighted by Gasteiger charge is -2.15. The van der Waals surface area contributed by atoms with Gasteiger partial charge in [-0.1, -0.05) is 36.4 Å². The maximum absolute atomic E-state index is 12.0. The molecule has 26 heavy (non-hydrogen) atoms. The maximum Gasteiger partial charge on any atom is 0.348 e. The number of carbonyl (C=O) groups is 1. The Morgan fingerprint density at radius 1 is 1.15 bits per heavy atom. The number of fused-ring (bicyclic) bond motifs is 3. The molecule has 2 heterocycles. The van der Waals surface area contributed by atoms with Gasteiger partial charge in [0.05, 0.1) is 7.11 Å². The highest BCUT2D eigenvalue weighted by atomic mass is 32.1. The molecule has 1 aliphatic heterocycles. The Labute approximate surface area is 156 Å². The summed E-state index contributed by atoms with van der Waals surface area (Å²) in [6.45, 7) is 1.32. The molecule has 0 fully saturated rings. The first-order chi connectivity index (χ1) is 12.8. The van der Waals surface area contributed by atoms with Gasteiger partial charge in [0.2, 0.25) is 0 Å². The lowest BCUT2D eigenvalue weighted by Crippen LogP contribution is -2.03. The number of anilines is 1. The fraction of sp³-hybridized carbons (Fsp3) is 0.190. The molecule has 4 rings (SSSR count). The summed E-state index contributed by atoms with van der Waals surface area (Å²) in [5.74, 6) is 0.525. The van der Waals surface area contributed by atoms with Gasteiger partial charge in [-0.25, -0.2) is 4.79 Å². The van der Waals surface area contributed by atoms with Crippen molar-refractivity contribution < 1.29 is 14.3 Å². The molecule has 0 bridgehead atoms. The minimum absolute atomic E-state index is 0.291. The van der Waals surface area contributed by atoms with Crippen LogP contribution in [0.1, 0.15) is 20.1 Å². The molecule has 5 heteroatoms. The number of hydrogen-bond acceptors (Lipinski definition) is 5. The van der Waals surface area contributed by atoms with Crippen LogP contribution in [0.2, 0.25) is 0 Å². The van der Waals surface area contributed by atoms with E-state index in [1.807, 2.05) is 48.5 Å². The van der Waals surface area contributed by atoms with Crippen molar-refractivity contribution in [3.63, 3.8) is 0 Å². The third-order valence-corrected chi connectivity index (χ3v) is 5.57. The molecular weight excluding hydrogens is 346 g/mol. The van der Waals surface area contributed by atoms with Gasteiger partial charge in [-0.05, 0) is 30.2 Å². The monoisotopic (exact) mass is 365 g/mol. The number of nitrogens with one attached hydrogen (secondary N) is 1. The molecule has 1 aromatic heterocycles. The molecule has 0 saturated heterocycles. The first-order valence-electron chi connectivity index (χ1n) is 8.51. The van der Waals surface area contributed by atoms with Crippen molar-refractivity contribution >= 4 is 23.0 Å². The van der Waals surface area contributed by atoms with E-state index in [9.17, 15) is 4.79 Å². The van der Waals surface area contributed by atoms with Crippen molar-refractivity contribution in [3.05, 3.63) is 69.9 Å². The van der Waals surface area contributed by atoms with Crippen molar-refractivity contribution in [3.8, 4) is 16.9 Å². The van der Waals surface area contributed by atoms with Crippen molar-refractivity contribution in [2.24, 2.45) is 0 Å². The van der Waals surface area contributed by atoms with Gasteiger partial charge in [-0.2, -0.15) is 0 Å². The van der Waals surface area contributed by atoms with Crippen LogP contribution < -0.4 is 10.1 Å². The van der Waals surface area contributed by atoms with Crippen LogP contribution >= 0.6 is 11.3 Å². The molecule has 0 amide bonds. The van der Waals surface area contributed by atoms with Crippen LogP contribution in [0.4, 0.5) is 5.69 Å². The molecule has 0 spiro atoms. The lowest BCUT2D eigenvalue weighted by molar-refractivity contribution is 0.0606. The zero-order chi connectivity index (χ0) is 17.9. The minimum atomic E-state index is -0.291. The molecule has 1 N–H and O–H groups in total. The number of esters is 1. The molecule has 0 saturated carbocycles. The van der Waals surface area contributed by atoms with Crippen LogP contribution in [0.15, 0.2) is 54.6 Å². The zero-order valence-corrected chi connectivity index (χ0v) is 15.3. The lowest BCUT2D eigenvalue weighted by atomic mass is 10.0. The third kappa shape index (κ3) is 3.18. The third-order valence-electron chi connectivity index (χ3n) is 4.40. The van der Waals surface area contributed by atoms with E-state index in [1.54, 1.807) is 0 Å². The number of hydrogen-bond donors (Lipinski definition) is 1. The summed E-state index contributed by atoms with van der Waals surface area (Å²) < 4.78 is 11.0. The molecule has 1 aliphatic rings. The second kappa shape index (κ2) is 7.22. The predicted octanol–water partition coefficient (Wildman–Crippen LogP) is 4.75. The fourth-order valence-corrected chi connectivity index (χ4v) is 4.23. The molecule has 0 unspecified atom stereocenters. The summed E-state index contributed by atoms with van der Waals surface area (Å²) in [5, 5.41) is 3.47. The van der Waals surface area contributed by atoms with E-state index in [1.165, 1.54) is 23.3 Å². The summed E-state index contributed by atoms with van der Waals surface area (Å²) in [5.41, 5.74) is 4.22. The normalized spacial score (nSPS) is 12.3. The molecule has 2 aromatic carbocycles. The summed E-state index contributed by atoms with van der Waals surface area (Å²) in [4.78, 5) is 13.8. The van der Waals surface area contributed by atoms with Crippen LogP contribution in [0.25, 0.3) is 11.1 Å². The van der Waals surface area contributed by atoms with Crippen molar-refractivity contribution in [2.45, 2.75) is 13.0 Å². The average molecular weight is 365 g/mol. The Morgan fingerprint density at radius 2 is 2.00 bits per heavy atom. The van der Waals surface area contributed by atoms with Crippen LogP contribution in [0.3, 0.4) is 0 Å². The SMILES string of the molecule is COC(=O)c1cc2c(s1)CCNc1cccc(OCc3ccccc3)c1-2. The second-order valence-corrected chi connectivity index (χ2v) is 7.21. The highest BCUT2D eigenvalue weighted by Crippen LogP contribution is 2.44. The van der Waals surface area contributed by atoms with Crippen LogP contribution in [-0.2, 0) is 17.8 Å². The quantitative estimate of drug-likeness (QED) is 0.678. The molecule has 4 nitrogen and oxygen atoms in total. The molecular formula is C21H19NO3S. The topological polar surface area (TPSA) is 47.6 Å². The van der Waals surface area contributed by atoms with Gasteiger partial charge < -0.3 is 14.8 Å². The first kappa shape index (κ1) is 16.7. The largest absolute Gasteiger partial charge is 0.488 e. The van der Waals surface area contributed by atoms with Crippen molar-refractivity contribution in [1.29, 1.82) is 0 Å². The molecule has 132 valence electrons. The fourth-order valence-electron chi connectivity index (χ4n) is 3.15. The van der Waals surface area contributed by atoms with Gasteiger partial charge in [-0.3, -0.25) is 0 Å². The average Bonchev–Trinajstić information content (AvgIpc) is 3.02. The maximum atomic E-state index is 12.0. The van der Waals surface area contributed by atoms with E-state index in [4.69, 9.17) is 9.47 Å². The summed E-state index contributed by atoms with van der Waals surface area (Å²) >= 11 is 1.50. The number of benzene rings is 2. The van der Waals surface area contributed by atoms with Gasteiger partial charge in [-0.15, -0.1) is 11.3 Å². The highest BCUT2D eigenvalue weighted by molar-refractivity contribution is 7.14. The summed E-state index contributed by atoms with van der Waals surface area (Å²) in [6.07, 6.45) is 0.865.